The number of nitrogens with zero attached hydrogens (tertiary/aromatic N) is 1. The average molecular weight is 414 g/mol. The summed E-state index contributed by atoms with van der Waals surface area (Å²) in [6.07, 6.45) is 14.2. The second-order valence-electron chi connectivity index (χ2n) is 9.74. The molecule has 0 amide bonds. The van der Waals surface area contributed by atoms with Crippen molar-refractivity contribution in [1.29, 1.82) is 0 Å². The van der Waals surface area contributed by atoms with Crippen LogP contribution in [0.25, 0.3) is 10.9 Å². The van der Waals surface area contributed by atoms with E-state index in [1.807, 2.05) is 12.3 Å². The molecule has 4 atom stereocenters. The molecule has 3 aromatic rings. The van der Waals surface area contributed by atoms with E-state index in [0.29, 0.717) is 5.92 Å². The molecule has 2 aromatic carbocycles. The predicted molar refractivity (Wildman–Crippen MR) is 128 cm³/mol. The highest BCUT2D eigenvalue weighted by atomic mass is 16.5. The van der Waals surface area contributed by atoms with Gasteiger partial charge < -0.3 is 4.74 Å². The molecule has 31 heavy (non-hydrogen) atoms. The Hall–Kier alpha value is -2.35. The van der Waals surface area contributed by atoms with E-state index in [1.165, 1.54) is 68.9 Å². The molecule has 4 unspecified atom stereocenters. The summed E-state index contributed by atoms with van der Waals surface area (Å²) in [5.74, 6) is 3.20. The van der Waals surface area contributed by atoms with Gasteiger partial charge in [0.1, 0.15) is 11.9 Å². The third kappa shape index (κ3) is 4.49. The maximum atomic E-state index is 6.81. The quantitative estimate of drug-likeness (QED) is 0.409. The van der Waals surface area contributed by atoms with Gasteiger partial charge in [0.25, 0.3) is 0 Å². The molecule has 0 radical (unpaired) electrons. The lowest BCUT2D eigenvalue weighted by Crippen LogP contribution is -2.33. The number of rotatable bonds is 6. The Morgan fingerprint density at radius 2 is 1.87 bits per heavy atom. The first kappa shape index (κ1) is 20.5. The van der Waals surface area contributed by atoms with Crippen LogP contribution in [0.5, 0.6) is 5.75 Å². The molecule has 0 bridgehead atoms. The number of fused-ring (bicyclic) bond motifs is 2. The normalized spacial score (nSPS) is 25.8. The van der Waals surface area contributed by atoms with E-state index in [2.05, 4.69) is 60.4 Å². The molecule has 0 spiro atoms. The van der Waals surface area contributed by atoms with Gasteiger partial charge in [0.15, 0.2) is 0 Å². The predicted octanol–water partition coefficient (Wildman–Crippen LogP) is 7.91. The van der Waals surface area contributed by atoms with Crippen LogP contribution in [0, 0.1) is 17.8 Å². The van der Waals surface area contributed by atoms with Crippen LogP contribution in [0.4, 0.5) is 0 Å². The average Bonchev–Trinajstić information content (AvgIpc) is 2.83. The van der Waals surface area contributed by atoms with Gasteiger partial charge in [-0.05, 0) is 54.4 Å². The molecule has 5 rings (SSSR count). The molecule has 0 saturated heterocycles. The molecule has 1 fully saturated rings. The number of ether oxygens (including phenoxy) is 1. The summed E-state index contributed by atoms with van der Waals surface area (Å²) < 4.78 is 6.81. The van der Waals surface area contributed by atoms with Gasteiger partial charge in [-0.2, -0.15) is 0 Å². The minimum Gasteiger partial charge on any atom is -0.484 e. The Morgan fingerprint density at radius 3 is 2.81 bits per heavy atom. The van der Waals surface area contributed by atoms with Crippen molar-refractivity contribution in [3.8, 4) is 5.75 Å². The van der Waals surface area contributed by atoms with Crippen molar-refractivity contribution < 1.29 is 4.74 Å². The summed E-state index contributed by atoms with van der Waals surface area (Å²) in [5.41, 5.74) is 3.90. The number of benzene rings is 2. The van der Waals surface area contributed by atoms with Gasteiger partial charge in [0, 0.05) is 11.3 Å². The lowest BCUT2D eigenvalue weighted by Gasteiger charge is -2.41. The van der Waals surface area contributed by atoms with Gasteiger partial charge in [0.2, 0.25) is 0 Å². The van der Waals surface area contributed by atoms with Crippen LogP contribution >= 0.6 is 0 Å². The van der Waals surface area contributed by atoms with Crippen LogP contribution in [0.15, 0.2) is 60.8 Å². The van der Waals surface area contributed by atoms with E-state index in [0.717, 1.165) is 28.5 Å². The minimum absolute atomic E-state index is 0.142. The van der Waals surface area contributed by atoms with Crippen LogP contribution in [0.2, 0.25) is 0 Å². The van der Waals surface area contributed by atoms with E-state index >= 15 is 0 Å². The number of hydrogen-bond acceptors (Lipinski definition) is 2. The molecule has 2 nitrogen and oxygen atoms in total. The van der Waals surface area contributed by atoms with Gasteiger partial charge in [0.05, 0.1) is 11.7 Å². The van der Waals surface area contributed by atoms with Crippen molar-refractivity contribution in [2.45, 2.75) is 70.8 Å². The van der Waals surface area contributed by atoms with Crippen molar-refractivity contribution >= 4 is 10.9 Å². The highest BCUT2D eigenvalue weighted by Crippen LogP contribution is 2.47. The first-order valence-corrected chi connectivity index (χ1v) is 12.4. The third-order valence-electron chi connectivity index (χ3n) is 7.72. The Balaban J connectivity index is 1.43. The summed E-state index contributed by atoms with van der Waals surface area (Å²) in [6.45, 7) is 2.32. The van der Waals surface area contributed by atoms with E-state index in [9.17, 15) is 0 Å². The molecule has 1 heterocycles. The van der Waals surface area contributed by atoms with E-state index in [4.69, 9.17) is 4.74 Å². The summed E-state index contributed by atoms with van der Waals surface area (Å²) in [7, 11) is 0. The SMILES string of the molecule is CCCCC1CCCC(C2CCc3ccccc3C2Oc2cnc3ccccc3c2)C1. The zero-order valence-electron chi connectivity index (χ0n) is 18.8. The monoisotopic (exact) mass is 413 g/mol. The van der Waals surface area contributed by atoms with Crippen LogP contribution in [-0.4, -0.2) is 4.98 Å². The molecule has 0 N–H and O–H groups in total. The largest absolute Gasteiger partial charge is 0.484 e. The molecule has 2 heteroatoms. The van der Waals surface area contributed by atoms with Crippen molar-refractivity contribution in [3.63, 3.8) is 0 Å². The molecular weight excluding hydrogens is 378 g/mol. The number of aromatic nitrogens is 1. The first-order chi connectivity index (χ1) is 15.3. The van der Waals surface area contributed by atoms with Crippen LogP contribution in [0.1, 0.15) is 75.5 Å². The summed E-state index contributed by atoms with van der Waals surface area (Å²) in [5, 5.41) is 1.15. The first-order valence-electron chi connectivity index (χ1n) is 12.4. The van der Waals surface area contributed by atoms with Crippen molar-refractivity contribution in [1.82, 2.24) is 4.98 Å². The van der Waals surface area contributed by atoms with Gasteiger partial charge in [-0.25, -0.2) is 0 Å². The molecular formula is C29H35NO. The van der Waals surface area contributed by atoms with Gasteiger partial charge >= 0.3 is 0 Å². The Kier molecular flexibility index (Phi) is 6.25. The van der Waals surface area contributed by atoms with Crippen molar-refractivity contribution in [2.24, 2.45) is 17.8 Å². The number of unbranched alkanes of at least 4 members (excludes halogenated alkanes) is 1. The third-order valence-corrected chi connectivity index (χ3v) is 7.72. The number of para-hydroxylation sites is 1. The lowest BCUT2D eigenvalue weighted by molar-refractivity contribution is 0.0513. The molecule has 1 saturated carbocycles. The maximum Gasteiger partial charge on any atom is 0.139 e. The zero-order valence-corrected chi connectivity index (χ0v) is 18.8. The van der Waals surface area contributed by atoms with E-state index in [1.54, 1.807) is 0 Å². The second kappa shape index (κ2) is 9.42. The van der Waals surface area contributed by atoms with E-state index in [-0.39, 0.29) is 6.10 Å². The van der Waals surface area contributed by atoms with Gasteiger partial charge in [-0.1, -0.05) is 87.9 Å². The number of pyridine rings is 1. The summed E-state index contributed by atoms with van der Waals surface area (Å²) in [4.78, 5) is 4.66. The fraction of sp³-hybridized carbons (Fsp3) is 0.483. The van der Waals surface area contributed by atoms with Crippen LogP contribution in [-0.2, 0) is 6.42 Å². The van der Waals surface area contributed by atoms with Crippen LogP contribution < -0.4 is 4.74 Å². The molecule has 2 aliphatic rings. The standard InChI is InChI=1S/C29H35NO/c1-2-3-9-21-10-8-13-23(18-21)27-17-16-22-11-4-6-14-26(22)29(27)31-25-19-24-12-5-7-15-28(24)30-20-25/h4-7,11-12,14-15,19-21,23,27,29H,2-3,8-10,13,16-18H2,1H3. The highest BCUT2D eigenvalue weighted by Gasteiger charge is 2.38. The smallest absolute Gasteiger partial charge is 0.139 e. The Bertz CT molecular complexity index is 1010. The lowest BCUT2D eigenvalue weighted by atomic mass is 9.67. The Morgan fingerprint density at radius 1 is 1.00 bits per heavy atom. The molecule has 162 valence electrons. The highest BCUT2D eigenvalue weighted by molar-refractivity contribution is 5.79. The summed E-state index contributed by atoms with van der Waals surface area (Å²) in [6, 6.07) is 19.4. The maximum absolute atomic E-state index is 6.81. The fourth-order valence-electron chi connectivity index (χ4n) is 6.12. The van der Waals surface area contributed by atoms with Crippen molar-refractivity contribution in [3.05, 3.63) is 71.9 Å². The van der Waals surface area contributed by atoms with Crippen LogP contribution in [0.3, 0.4) is 0 Å². The minimum atomic E-state index is 0.142. The topological polar surface area (TPSA) is 22.1 Å². The van der Waals surface area contributed by atoms with E-state index < -0.39 is 0 Å². The van der Waals surface area contributed by atoms with Crippen molar-refractivity contribution in [2.75, 3.05) is 0 Å². The number of hydrogen-bond donors (Lipinski definition) is 0. The van der Waals surface area contributed by atoms with Gasteiger partial charge in [-0.3, -0.25) is 4.98 Å². The summed E-state index contributed by atoms with van der Waals surface area (Å²) >= 11 is 0. The zero-order chi connectivity index (χ0) is 21.0. The molecule has 0 aliphatic heterocycles. The Labute approximate surface area is 187 Å². The molecule has 2 aliphatic carbocycles. The molecule has 1 aromatic heterocycles. The van der Waals surface area contributed by atoms with Gasteiger partial charge in [-0.15, -0.1) is 0 Å². The number of aryl methyl sites for hydroxylation is 1. The fourth-order valence-corrected chi connectivity index (χ4v) is 6.12. The second-order valence-corrected chi connectivity index (χ2v) is 9.74.